The Morgan fingerprint density at radius 1 is 1.29 bits per heavy atom. The number of likely N-dealkylation sites (tertiary alicyclic amines) is 1. The van der Waals surface area contributed by atoms with E-state index in [-0.39, 0.29) is 17.4 Å². The summed E-state index contributed by atoms with van der Waals surface area (Å²) in [6.45, 7) is 1.94. The number of fused-ring (bicyclic) bond motifs is 1. The molecule has 2 aliphatic rings. The fourth-order valence-corrected chi connectivity index (χ4v) is 4.56. The number of hydrogen-bond donors (Lipinski definition) is 3. The molecule has 3 aromatic rings. The van der Waals surface area contributed by atoms with Gasteiger partial charge in [0.1, 0.15) is 16.8 Å². The van der Waals surface area contributed by atoms with Crippen LogP contribution in [-0.4, -0.2) is 63.3 Å². The zero-order valence-corrected chi connectivity index (χ0v) is 17.6. The maximum Gasteiger partial charge on any atom is 0.324 e. The largest absolute Gasteiger partial charge is 0.494 e. The van der Waals surface area contributed by atoms with E-state index in [1.165, 1.54) is 0 Å². The fourth-order valence-electron chi connectivity index (χ4n) is 4.56. The number of H-pyrrole nitrogens is 1. The summed E-state index contributed by atoms with van der Waals surface area (Å²) >= 11 is 0. The molecule has 0 unspecified atom stereocenters. The van der Waals surface area contributed by atoms with Crippen molar-refractivity contribution in [2.24, 2.45) is 12.5 Å². The standard InChI is InChI=1S/C21H25N7O3/c1-27-11-13(10-23-27)14-3-4-15(31-2)18-17(14)24-19(25-18)26-20(30)28-7-5-21(6-8-28)9-16(29)22-12-21/h3-4,10-11H,5-9,12H2,1-2H3,(H,22,29)(H2,24,25,26,30). The summed E-state index contributed by atoms with van der Waals surface area (Å²) < 4.78 is 7.21. The van der Waals surface area contributed by atoms with Crippen molar-refractivity contribution in [2.75, 3.05) is 32.1 Å². The summed E-state index contributed by atoms with van der Waals surface area (Å²) in [5, 5.41) is 10.0. The molecule has 0 radical (unpaired) electrons. The number of ether oxygens (including phenoxy) is 1. The third-order valence-electron chi connectivity index (χ3n) is 6.38. The lowest BCUT2D eigenvalue weighted by molar-refractivity contribution is -0.119. The average Bonchev–Trinajstić information content (AvgIpc) is 3.46. The molecular formula is C21H25N7O3. The number of aromatic amines is 1. The highest BCUT2D eigenvalue weighted by Crippen LogP contribution is 2.38. The van der Waals surface area contributed by atoms with Crippen molar-refractivity contribution >= 4 is 28.9 Å². The lowest BCUT2D eigenvalue weighted by Crippen LogP contribution is -2.45. The fraction of sp³-hybridized carbons (Fsp3) is 0.429. The lowest BCUT2D eigenvalue weighted by atomic mass is 9.78. The summed E-state index contributed by atoms with van der Waals surface area (Å²) in [4.78, 5) is 34.1. The number of anilines is 1. The van der Waals surface area contributed by atoms with Gasteiger partial charge in [-0.05, 0) is 30.4 Å². The Kier molecular flexibility index (Phi) is 4.57. The summed E-state index contributed by atoms with van der Waals surface area (Å²) in [5.74, 6) is 1.13. The van der Waals surface area contributed by atoms with Gasteiger partial charge in [0.2, 0.25) is 11.9 Å². The van der Waals surface area contributed by atoms with Gasteiger partial charge in [-0.1, -0.05) is 0 Å². The first-order chi connectivity index (χ1) is 15.0. The molecule has 0 atom stereocenters. The van der Waals surface area contributed by atoms with E-state index >= 15 is 0 Å². The molecule has 162 valence electrons. The highest BCUT2D eigenvalue weighted by molar-refractivity contribution is 5.98. The number of aryl methyl sites for hydroxylation is 1. The third kappa shape index (κ3) is 3.47. The van der Waals surface area contributed by atoms with E-state index in [1.54, 1.807) is 22.9 Å². The van der Waals surface area contributed by atoms with Crippen LogP contribution in [0.2, 0.25) is 0 Å². The average molecular weight is 423 g/mol. The number of nitrogens with one attached hydrogen (secondary N) is 3. The molecule has 2 saturated heterocycles. The van der Waals surface area contributed by atoms with Gasteiger partial charge in [-0.15, -0.1) is 0 Å². The first kappa shape index (κ1) is 19.4. The third-order valence-corrected chi connectivity index (χ3v) is 6.38. The van der Waals surface area contributed by atoms with E-state index in [0.29, 0.717) is 48.8 Å². The number of rotatable bonds is 3. The van der Waals surface area contributed by atoms with Gasteiger partial charge < -0.3 is 19.9 Å². The summed E-state index contributed by atoms with van der Waals surface area (Å²) in [6.07, 6.45) is 5.89. The van der Waals surface area contributed by atoms with Gasteiger partial charge in [-0.2, -0.15) is 5.10 Å². The van der Waals surface area contributed by atoms with E-state index in [4.69, 9.17) is 4.74 Å². The Morgan fingerprint density at radius 3 is 2.74 bits per heavy atom. The van der Waals surface area contributed by atoms with Crippen LogP contribution in [0, 0.1) is 5.41 Å². The maximum atomic E-state index is 12.9. The van der Waals surface area contributed by atoms with Crippen molar-refractivity contribution in [1.29, 1.82) is 0 Å². The molecule has 10 heteroatoms. The number of carbonyl (C=O) groups excluding carboxylic acids is 2. The number of benzene rings is 1. The predicted molar refractivity (Wildman–Crippen MR) is 115 cm³/mol. The number of nitrogens with zero attached hydrogens (tertiary/aromatic N) is 4. The van der Waals surface area contributed by atoms with Crippen molar-refractivity contribution in [3.63, 3.8) is 0 Å². The minimum atomic E-state index is -0.201. The molecule has 1 aromatic carbocycles. The number of amides is 3. The quantitative estimate of drug-likeness (QED) is 0.596. The second kappa shape index (κ2) is 7.29. The van der Waals surface area contributed by atoms with Crippen LogP contribution in [0.3, 0.4) is 0 Å². The number of urea groups is 1. The van der Waals surface area contributed by atoms with Crippen LogP contribution in [-0.2, 0) is 11.8 Å². The molecule has 1 spiro atoms. The molecule has 0 bridgehead atoms. The van der Waals surface area contributed by atoms with E-state index in [9.17, 15) is 9.59 Å². The second-order valence-corrected chi connectivity index (χ2v) is 8.40. The van der Waals surface area contributed by atoms with Crippen molar-refractivity contribution in [1.82, 2.24) is 30.0 Å². The van der Waals surface area contributed by atoms with Crippen molar-refractivity contribution in [3.05, 3.63) is 24.5 Å². The summed E-state index contributed by atoms with van der Waals surface area (Å²) in [5.41, 5.74) is 3.25. The van der Waals surface area contributed by atoms with Gasteiger partial charge in [-0.25, -0.2) is 9.78 Å². The van der Waals surface area contributed by atoms with Gasteiger partial charge in [0.05, 0.1) is 13.3 Å². The molecule has 2 aliphatic heterocycles. The summed E-state index contributed by atoms with van der Waals surface area (Å²) in [7, 11) is 3.46. The first-order valence-corrected chi connectivity index (χ1v) is 10.3. The van der Waals surface area contributed by atoms with Crippen LogP contribution in [0.15, 0.2) is 24.5 Å². The van der Waals surface area contributed by atoms with Crippen molar-refractivity contribution in [2.45, 2.75) is 19.3 Å². The van der Waals surface area contributed by atoms with Crippen LogP contribution >= 0.6 is 0 Å². The number of piperidine rings is 1. The molecule has 4 heterocycles. The Morgan fingerprint density at radius 2 is 2.10 bits per heavy atom. The van der Waals surface area contributed by atoms with Crippen LogP contribution in [0.4, 0.5) is 10.7 Å². The van der Waals surface area contributed by atoms with E-state index in [2.05, 4.69) is 25.7 Å². The predicted octanol–water partition coefficient (Wildman–Crippen LogP) is 2.11. The number of hydrogen-bond acceptors (Lipinski definition) is 5. The van der Waals surface area contributed by atoms with Gasteiger partial charge in [0, 0.05) is 50.4 Å². The molecule has 0 aliphatic carbocycles. The highest BCUT2D eigenvalue weighted by Gasteiger charge is 2.41. The Bertz CT molecular complexity index is 1160. The molecule has 31 heavy (non-hydrogen) atoms. The van der Waals surface area contributed by atoms with Crippen molar-refractivity contribution in [3.8, 4) is 16.9 Å². The molecule has 3 N–H and O–H groups in total. The number of imidazole rings is 1. The Balaban J connectivity index is 1.36. The van der Waals surface area contributed by atoms with Crippen molar-refractivity contribution < 1.29 is 14.3 Å². The minimum absolute atomic E-state index is 0.000781. The van der Waals surface area contributed by atoms with Gasteiger partial charge in [-0.3, -0.25) is 14.8 Å². The Labute approximate surface area is 179 Å². The lowest BCUT2D eigenvalue weighted by Gasteiger charge is -2.37. The molecule has 2 fully saturated rings. The molecule has 3 amide bonds. The number of aromatic nitrogens is 4. The molecule has 5 rings (SSSR count). The topological polar surface area (TPSA) is 117 Å². The number of methoxy groups -OCH3 is 1. The van der Waals surface area contributed by atoms with E-state index in [0.717, 1.165) is 24.0 Å². The zero-order valence-electron chi connectivity index (χ0n) is 17.6. The maximum absolute atomic E-state index is 12.9. The highest BCUT2D eigenvalue weighted by atomic mass is 16.5. The normalized spacial score (nSPS) is 17.9. The second-order valence-electron chi connectivity index (χ2n) is 8.40. The number of carbonyl (C=O) groups is 2. The van der Waals surface area contributed by atoms with E-state index in [1.807, 2.05) is 25.4 Å². The minimum Gasteiger partial charge on any atom is -0.494 e. The summed E-state index contributed by atoms with van der Waals surface area (Å²) in [6, 6.07) is 3.61. The molecule has 0 saturated carbocycles. The van der Waals surface area contributed by atoms with Crippen LogP contribution < -0.4 is 15.4 Å². The van der Waals surface area contributed by atoms with Crippen LogP contribution in [0.1, 0.15) is 19.3 Å². The molecular weight excluding hydrogens is 398 g/mol. The van der Waals surface area contributed by atoms with Crippen LogP contribution in [0.5, 0.6) is 5.75 Å². The zero-order chi connectivity index (χ0) is 21.6. The SMILES string of the molecule is COc1ccc(-c2cnn(C)c2)c2nc(NC(=O)N3CCC4(CC3)CNC(=O)C4)[nH]c12. The van der Waals surface area contributed by atoms with Gasteiger partial charge in [0.25, 0.3) is 0 Å². The first-order valence-electron chi connectivity index (χ1n) is 10.3. The Hall–Kier alpha value is -3.56. The van der Waals surface area contributed by atoms with Gasteiger partial charge in [0.15, 0.2) is 0 Å². The smallest absolute Gasteiger partial charge is 0.324 e. The molecule has 2 aromatic heterocycles. The van der Waals surface area contributed by atoms with Crippen LogP contribution in [0.25, 0.3) is 22.2 Å². The van der Waals surface area contributed by atoms with E-state index < -0.39 is 0 Å². The monoisotopic (exact) mass is 423 g/mol. The molecule has 10 nitrogen and oxygen atoms in total. The van der Waals surface area contributed by atoms with Gasteiger partial charge >= 0.3 is 6.03 Å².